The number of benzene rings is 1. The molecular weight excluding hydrogens is 306 g/mol. The van der Waals surface area contributed by atoms with E-state index in [1.807, 2.05) is 18.2 Å². The minimum absolute atomic E-state index is 0.179. The van der Waals surface area contributed by atoms with E-state index in [0.29, 0.717) is 11.5 Å². The molecule has 0 bridgehead atoms. The van der Waals surface area contributed by atoms with Crippen LogP contribution >= 0.6 is 28.1 Å². The van der Waals surface area contributed by atoms with Gasteiger partial charge in [-0.25, -0.2) is 4.79 Å². The lowest BCUT2D eigenvalue weighted by Crippen LogP contribution is -2.20. The molecule has 5 nitrogen and oxygen atoms in total. The molecule has 0 atom stereocenters. The van der Waals surface area contributed by atoms with Gasteiger partial charge in [-0.2, -0.15) is 0 Å². The summed E-state index contributed by atoms with van der Waals surface area (Å²) in [5.41, 5.74) is 11.9. The molecule has 1 aromatic rings. The molecule has 17 heavy (non-hydrogen) atoms. The molecule has 0 heterocycles. The Morgan fingerprint density at radius 2 is 2.18 bits per heavy atom. The number of hydrogen-bond donors (Lipinski definition) is 3. The van der Waals surface area contributed by atoms with Crippen molar-refractivity contribution >= 4 is 44.9 Å². The average molecular weight is 318 g/mol. The third-order valence-electron chi connectivity index (χ3n) is 1.91. The number of carbonyl (C=O) groups is 1. The summed E-state index contributed by atoms with van der Waals surface area (Å²) in [7, 11) is 0. The molecule has 5 N–H and O–H groups in total. The van der Waals surface area contributed by atoms with Crippen LogP contribution in [0.5, 0.6) is 0 Å². The summed E-state index contributed by atoms with van der Waals surface area (Å²) in [5, 5.41) is 3.06. The van der Waals surface area contributed by atoms with Crippen LogP contribution in [-0.2, 0) is 4.74 Å². The van der Waals surface area contributed by atoms with Crippen LogP contribution in [-0.4, -0.2) is 24.2 Å². The van der Waals surface area contributed by atoms with Crippen molar-refractivity contribution in [2.24, 2.45) is 11.5 Å². The van der Waals surface area contributed by atoms with E-state index in [-0.39, 0.29) is 6.61 Å². The third-order valence-corrected chi connectivity index (χ3v) is 2.62. The summed E-state index contributed by atoms with van der Waals surface area (Å²) in [6.07, 6.45) is -0.796. The SMILES string of the molecule is NC(=O)OCCNc1cc(Br)ccc1C(N)=S. The number of primary amides is 1. The first-order chi connectivity index (χ1) is 8.00. The topological polar surface area (TPSA) is 90.4 Å². The Bertz CT molecular complexity index is 440. The predicted molar refractivity (Wildman–Crippen MR) is 74.1 cm³/mol. The number of hydrogen-bond acceptors (Lipinski definition) is 4. The van der Waals surface area contributed by atoms with E-state index >= 15 is 0 Å². The fourth-order valence-corrected chi connectivity index (χ4v) is 1.75. The van der Waals surface area contributed by atoms with E-state index in [1.54, 1.807) is 0 Å². The van der Waals surface area contributed by atoms with Crippen molar-refractivity contribution in [1.82, 2.24) is 0 Å². The molecule has 0 saturated heterocycles. The van der Waals surface area contributed by atoms with Crippen LogP contribution in [0.15, 0.2) is 22.7 Å². The number of rotatable bonds is 5. The summed E-state index contributed by atoms with van der Waals surface area (Å²) < 4.78 is 5.49. The van der Waals surface area contributed by atoms with E-state index in [2.05, 4.69) is 26.0 Å². The second kappa shape index (κ2) is 6.41. The molecule has 1 aromatic carbocycles. The van der Waals surface area contributed by atoms with Crippen molar-refractivity contribution in [1.29, 1.82) is 0 Å². The lowest BCUT2D eigenvalue weighted by molar-refractivity contribution is 0.161. The predicted octanol–water partition coefficient (Wildman–Crippen LogP) is 1.59. The van der Waals surface area contributed by atoms with Crippen molar-refractivity contribution < 1.29 is 9.53 Å². The van der Waals surface area contributed by atoms with Crippen LogP contribution in [0.2, 0.25) is 0 Å². The van der Waals surface area contributed by atoms with Crippen LogP contribution < -0.4 is 16.8 Å². The molecule has 0 aliphatic rings. The molecule has 0 saturated carbocycles. The second-order valence-electron chi connectivity index (χ2n) is 3.15. The summed E-state index contributed by atoms with van der Waals surface area (Å²) in [6, 6.07) is 5.50. The van der Waals surface area contributed by atoms with Crippen LogP contribution in [0, 0.1) is 0 Å². The molecule has 7 heteroatoms. The molecule has 0 aliphatic heterocycles. The van der Waals surface area contributed by atoms with Gasteiger partial charge in [-0.05, 0) is 18.2 Å². The van der Waals surface area contributed by atoms with Crippen molar-refractivity contribution in [3.63, 3.8) is 0 Å². The first-order valence-corrected chi connectivity index (χ1v) is 5.96. The number of amides is 1. The highest BCUT2D eigenvalue weighted by atomic mass is 79.9. The minimum atomic E-state index is -0.796. The quantitative estimate of drug-likeness (QED) is 0.566. The number of nitrogens with one attached hydrogen (secondary N) is 1. The number of anilines is 1. The van der Waals surface area contributed by atoms with E-state index in [9.17, 15) is 4.79 Å². The van der Waals surface area contributed by atoms with Crippen molar-refractivity contribution in [2.75, 3.05) is 18.5 Å². The highest BCUT2D eigenvalue weighted by Gasteiger charge is 2.05. The van der Waals surface area contributed by atoms with Gasteiger partial charge in [0.1, 0.15) is 11.6 Å². The van der Waals surface area contributed by atoms with Crippen molar-refractivity contribution in [3.05, 3.63) is 28.2 Å². The summed E-state index contributed by atoms with van der Waals surface area (Å²) in [6.45, 7) is 0.605. The molecule has 0 radical (unpaired) electrons. The van der Waals surface area contributed by atoms with Gasteiger partial charge in [0.2, 0.25) is 0 Å². The van der Waals surface area contributed by atoms with Gasteiger partial charge in [0, 0.05) is 22.3 Å². The molecule has 0 aromatic heterocycles. The molecule has 0 aliphatic carbocycles. The van der Waals surface area contributed by atoms with E-state index in [0.717, 1.165) is 15.7 Å². The standard InChI is InChI=1S/C10H12BrN3O2S/c11-6-1-2-7(9(12)17)8(5-6)14-3-4-16-10(13)15/h1-2,5,14H,3-4H2,(H2,12,17)(H2,13,15). The van der Waals surface area contributed by atoms with Gasteiger partial charge < -0.3 is 21.5 Å². The normalized spacial score (nSPS) is 9.71. The summed E-state index contributed by atoms with van der Waals surface area (Å²) in [4.78, 5) is 10.7. The van der Waals surface area contributed by atoms with Crippen LogP contribution in [0.25, 0.3) is 0 Å². The van der Waals surface area contributed by atoms with Crippen molar-refractivity contribution in [2.45, 2.75) is 0 Å². The van der Waals surface area contributed by atoms with Gasteiger partial charge in [-0.3, -0.25) is 0 Å². The first kappa shape index (κ1) is 13.7. The largest absolute Gasteiger partial charge is 0.448 e. The molecule has 1 amide bonds. The smallest absolute Gasteiger partial charge is 0.404 e. The van der Waals surface area contributed by atoms with Gasteiger partial charge in [0.15, 0.2) is 0 Å². The molecule has 0 unspecified atom stereocenters. The fourth-order valence-electron chi connectivity index (χ4n) is 1.21. The monoisotopic (exact) mass is 317 g/mol. The molecule has 0 fully saturated rings. The number of thiocarbonyl (C=S) groups is 1. The maximum atomic E-state index is 10.4. The Labute approximate surface area is 113 Å². The Balaban J connectivity index is 2.65. The maximum Gasteiger partial charge on any atom is 0.404 e. The van der Waals surface area contributed by atoms with Crippen molar-refractivity contribution in [3.8, 4) is 0 Å². The zero-order valence-corrected chi connectivity index (χ0v) is 11.3. The molecular formula is C10H12BrN3O2S. The maximum absolute atomic E-state index is 10.4. The Morgan fingerprint density at radius 1 is 1.47 bits per heavy atom. The number of nitrogens with two attached hydrogens (primary N) is 2. The number of halogens is 1. The fraction of sp³-hybridized carbons (Fsp3) is 0.200. The van der Waals surface area contributed by atoms with Gasteiger partial charge in [-0.15, -0.1) is 0 Å². The van der Waals surface area contributed by atoms with Gasteiger partial charge in [-0.1, -0.05) is 28.1 Å². The first-order valence-electron chi connectivity index (χ1n) is 4.76. The Kier molecular flexibility index (Phi) is 5.17. The van der Waals surface area contributed by atoms with Crippen LogP contribution in [0.1, 0.15) is 5.56 Å². The lowest BCUT2D eigenvalue weighted by Gasteiger charge is -2.11. The van der Waals surface area contributed by atoms with Crippen LogP contribution in [0.3, 0.4) is 0 Å². The number of carbonyl (C=O) groups excluding carboxylic acids is 1. The Hall–Kier alpha value is -1.34. The minimum Gasteiger partial charge on any atom is -0.448 e. The lowest BCUT2D eigenvalue weighted by atomic mass is 10.2. The zero-order valence-electron chi connectivity index (χ0n) is 8.90. The second-order valence-corrected chi connectivity index (χ2v) is 4.50. The average Bonchev–Trinajstić information content (AvgIpc) is 2.23. The molecule has 92 valence electrons. The zero-order chi connectivity index (χ0) is 12.8. The van der Waals surface area contributed by atoms with Crippen LogP contribution in [0.4, 0.5) is 10.5 Å². The Morgan fingerprint density at radius 3 is 2.76 bits per heavy atom. The summed E-state index contributed by atoms with van der Waals surface area (Å²) >= 11 is 8.28. The van der Waals surface area contributed by atoms with E-state index < -0.39 is 6.09 Å². The van der Waals surface area contributed by atoms with Gasteiger partial charge in [0.25, 0.3) is 0 Å². The van der Waals surface area contributed by atoms with E-state index in [1.165, 1.54) is 0 Å². The summed E-state index contributed by atoms with van der Waals surface area (Å²) in [5.74, 6) is 0. The van der Waals surface area contributed by atoms with Gasteiger partial charge >= 0.3 is 6.09 Å². The highest BCUT2D eigenvalue weighted by Crippen LogP contribution is 2.21. The van der Waals surface area contributed by atoms with E-state index in [4.69, 9.17) is 23.7 Å². The van der Waals surface area contributed by atoms with Gasteiger partial charge in [0.05, 0.1) is 0 Å². The molecule has 1 rings (SSSR count). The molecule has 0 spiro atoms. The number of ether oxygens (including phenoxy) is 1. The third kappa shape index (κ3) is 4.58. The highest BCUT2D eigenvalue weighted by molar-refractivity contribution is 9.10.